The number of hydrogen-bond acceptors (Lipinski definition) is 4. The van der Waals surface area contributed by atoms with E-state index in [4.69, 9.17) is 0 Å². The van der Waals surface area contributed by atoms with Crippen LogP contribution in [0.5, 0.6) is 0 Å². The molecule has 21 heavy (non-hydrogen) atoms. The van der Waals surface area contributed by atoms with Crippen LogP contribution in [0.2, 0.25) is 0 Å². The highest BCUT2D eigenvalue weighted by molar-refractivity contribution is 6.02. The lowest BCUT2D eigenvalue weighted by atomic mass is 9.91. The number of piperazine rings is 1. The Kier molecular flexibility index (Phi) is 4.20. The Bertz CT molecular complexity index is 505. The minimum Gasteiger partial charge on any atom is -0.353 e. The third-order valence-corrected chi connectivity index (χ3v) is 4.23. The van der Waals surface area contributed by atoms with E-state index >= 15 is 0 Å². The van der Waals surface area contributed by atoms with Crippen molar-refractivity contribution in [1.82, 2.24) is 10.6 Å². The van der Waals surface area contributed by atoms with Crippen molar-refractivity contribution >= 4 is 17.5 Å². The van der Waals surface area contributed by atoms with Gasteiger partial charge in [0.1, 0.15) is 0 Å². The first-order valence-electron chi connectivity index (χ1n) is 7.58. The van der Waals surface area contributed by atoms with Crippen LogP contribution in [0, 0.1) is 5.92 Å². The number of carbonyl (C=O) groups is 2. The van der Waals surface area contributed by atoms with Crippen LogP contribution in [-0.2, 0) is 16.0 Å². The summed E-state index contributed by atoms with van der Waals surface area (Å²) in [6.07, 6.45) is 3.59. The Morgan fingerprint density at radius 2 is 1.62 bits per heavy atom. The van der Waals surface area contributed by atoms with Crippen molar-refractivity contribution in [1.29, 1.82) is 0 Å². The number of piperidine rings is 1. The monoisotopic (exact) mass is 287 g/mol. The number of hydrogen-bond donors (Lipinski definition) is 2. The van der Waals surface area contributed by atoms with Crippen LogP contribution in [-0.4, -0.2) is 38.0 Å². The van der Waals surface area contributed by atoms with Gasteiger partial charge < -0.3 is 10.2 Å². The van der Waals surface area contributed by atoms with Gasteiger partial charge >= 0.3 is 0 Å². The summed E-state index contributed by atoms with van der Waals surface area (Å²) in [4.78, 5) is 24.6. The topological polar surface area (TPSA) is 61.4 Å². The summed E-state index contributed by atoms with van der Waals surface area (Å²) in [5.41, 5.74) is 2.27. The lowest BCUT2D eigenvalue weighted by Crippen LogP contribution is -2.51. The molecule has 2 aliphatic rings. The molecular formula is C16H21N3O2. The highest BCUT2D eigenvalue weighted by atomic mass is 16.2. The molecule has 3 rings (SSSR count). The van der Waals surface area contributed by atoms with Crippen molar-refractivity contribution in [2.45, 2.75) is 19.3 Å². The molecule has 2 heterocycles. The van der Waals surface area contributed by atoms with Gasteiger partial charge in [0.2, 0.25) is 11.8 Å². The molecule has 0 aromatic heterocycles. The second kappa shape index (κ2) is 6.26. The zero-order valence-electron chi connectivity index (χ0n) is 12.1. The fourth-order valence-corrected chi connectivity index (χ4v) is 3.08. The smallest absolute Gasteiger partial charge is 0.246 e. The second-order valence-corrected chi connectivity index (χ2v) is 5.89. The molecule has 112 valence electrons. The van der Waals surface area contributed by atoms with Gasteiger partial charge in [0.25, 0.3) is 0 Å². The van der Waals surface area contributed by atoms with Crippen LogP contribution in [0.25, 0.3) is 0 Å². The first-order valence-corrected chi connectivity index (χ1v) is 7.58. The van der Waals surface area contributed by atoms with Gasteiger partial charge in [-0.1, -0.05) is 12.1 Å². The van der Waals surface area contributed by atoms with Gasteiger partial charge in [-0.2, -0.15) is 0 Å². The van der Waals surface area contributed by atoms with E-state index in [1.165, 1.54) is 18.4 Å². The molecule has 1 aromatic rings. The molecule has 1 aromatic carbocycles. The van der Waals surface area contributed by atoms with Crippen LogP contribution in [0.4, 0.5) is 5.69 Å². The number of rotatable bonds is 3. The van der Waals surface area contributed by atoms with Crippen molar-refractivity contribution in [2.75, 3.05) is 31.1 Å². The van der Waals surface area contributed by atoms with Crippen molar-refractivity contribution < 1.29 is 9.59 Å². The zero-order chi connectivity index (χ0) is 14.7. The Balaban J connectivity index is 1.63. The molecule has 2 amide bonds. The average Bonchev–Trinajstić information content (AvgIpc) is 2.48. The molecule has 0 saturated carbocycles. The number of amides is 2. The van der Waals surface area contributed by atoms with E-state index in [0.29, 0.717) is 0 Å². The number of carbonyl (C=O) groups excluding carboxylic acids is 2. The molecule has 0 radical (unpaired) electrons. The summed E-state index contributed by atoms with van der Waals surface area (Å²) in [7, 11) is 0. The minimum absolute atomic E-state index is 0.231. The average molecular weight is 287 g/mol. The molecule has 0 bridgehead atoms. The Morgan fingerprint density at radius 3 is 2.24 bits per heavy atom. The van der Waals surface area contributed by atoms with Gasteiger partial charge in [0.05, 0.1) is 13.1 Å². The summed E-state index contributed by atoms with van der Waals surface area (Å²) in [6, 6.07) is 8.27. The number of nitrogens with zero attached hydrogens (tertiary/aromatic N) is 1. The molecule has 0 spiro atoms. The Labute approximate surface area is 124 Å². The van der Waals surface area contributed by atoms with Crippen LogP contribution in [0.15, 0.2) is 24.3 Å². The van der Waals surface area contributed by atoms with Gasteiger partial charge in [-0.15, -0.1) is 0 Å². The van der Waals surface area contributed by atoms with Gasteiger partial charge in [-0.3, -0.25) is 14.9 Å². The van der Waals surface area contributed by atoms with Crippen molar-refractivity contribution in [3.8, 4) is 0 Å². The van der Waals surface area contributed by atoms with E-state index in [1.807, 2.05) is 17.0 Å². The Hall–Kier alpha value is -1.88. The molecule has 5 nitrogen and oxygen atoms in total. The highest BCUT2D eigenvalue weighted by Crippen LogP contribution is 2.21. The van der Waals surface area contributed by atoms with E-state index in [2.05, 4.69) is 22.8 Å². The van der Waals surface area contributed by atoms with Crippen molar-refractivity contribution in [3.05, 3.63) is 29.8 Å². The zero-order valence-corrected chi connectivity index (χ0v) is 12.1. The predicted octanol–water partition coefficient (Wildman–Crippen LogP) is 0.691. The van der Waals surface area contributed by atoms with E-state index in [1.54, 1.807) is 0 Å². The number of anilines is 1. The second-order valence-electron chi connectivity index (χ2n) is 5.89. The summed E-state index contributed by atoms with van der Waals surface area (Å²) < 4.78 is 0. The molecule has 0 aliphatic carbocycles. The third kappa shape index (κ3) is 3.61. The van der Waals surface area contributed by atoms with Gasteiger partial charge in [0, 0.05) is 5.69 Å². The van der Waals surface area contributed by atoms with E-state index in [0.717, 1.165) is 31.1 Å². The van der Waals surface area contributed by atoms with Gasteiger partial charge in [-0.25, -0.2) is 0 Å². The molecule has 2 N–H and O–H groups in total. The highest BCUT2D eigenvalue weighted by Gasteiger charge is 2.22. The fraction of sp³-hybridized carbons (Fsp3) is 0.500. The van der Waals surface area contributed by atoms with E-state index in [-0.39, 0.29) is 24.9 Å². The molecule has 2 saturated heterocycles. The molecule has 0 unspecified atom stereocenters. The van der Waals surface area contributed by atoms with E-state index in [9.17, 15) is 9.59 Å². The maximum absolute atomic E-state index is 11.4. The summed E-state index contributed by atoms with van der Waals surface area (Å²) in [6.45, 7) is 2.74. The summed E-state index contributed by atoms with van der Waals surface area (Å²) >= 11 is 0. The normalized spacial score (nSPS) is 20.5. The quantitative estimate of drug-likeness (QED) is 0.803. The van der Waals surface area contributed by atoms with Crippen molar-refractivity contribution in [2.24, 2.45) is 5.92 Å². The number of imide groups is 1. The van der Waals surface area contributed by atoms with Crippen LogP contribution < -0.4 is 15.5 Å². The number of benzene rings is 1. The van der Waals surface area contributed by atoms with Crippen LogP contribution >= 0.6 is 0 Å². The standard InChI is InChI=1S/C16H21N3O2/c20-15-10-19(11-16(21)18-15)14-3-1-12(2-4-14)9-13-5-7-17-8-6-13/h1-4,13,17H,5-11H2,(H,18,20,21). The number of nitrogens with one attached hydrogen (secondary N) is 2. The van der Waals surface area contributed by atoms with Gasteiger partial charge in [0.15, 0.2) is 0 Å². The van der Waals surface area contributed by atoms with Crippen molar-refractivity contribution in [3.63, 3.8) is 0 Å². The molecule has 2 fully saturated rings. The SMILES string of the molecule is O=C1CN(c2ccc(CC3CCNCC3)cc2)CC(=O)N1. The van der Waals surface area contributed by atoms with Crippen LogP contribution in [0.1, 0.15) is 18.4 Å². The van der Waals surface area contributed by atoms with E-state index < -0.39 is 0 Å². The first kappa shape index (κ1) is 14.1. The molecular weight excluding hydrogens is 266 g/mol. The summed E-state index contributed by atoms with van der Waals surface area (Å²) in [5.74, 6) is 0.300. The third-order valence-electron chi connectivity index (χ3n) is 4.23. The maximum atomic E-state index is 11.4. The molecule has 5 heteroatoms. The summed E-state index contributed by atoms with van der Waals surface area (Å²) in [5, 5.41) is 5.70. The van der Waals surface area contributed by atoms with Gasteiger partial charge in [-0.05, 0) is 56.0 Å². The maximum Gasteiger partial charge on any atom is 0.246 e. The first-order chi connectivity index (χ1) is 10.2. The minimum atomic E-state index is -0.231. The lowest BCUT2D eigenvalue weighted by molar-refractivity contribution is -0.130. The predicted molar refractivity (Wildman–Crippen MR) is 81.1 cm³/mol. The molecule has 2 aliphatic heterocycles. The largest absolute Gasteiger partial charge is 0.353 e. The Morgan fingerprint density at radius 1 is 1.00 bits per heavy atom. The lowest BCUT2D eigenvalue weighted by Gasteiger charge is -2.27. The molecule has 0 atom stereocenters. The van der Waals surface area contributed by atoms with Crippen LogP contribution in [0.3, 0.4) is 0 Å². The fourth-order valence-electron chi connectivity index (χ4n) is 3.08.